The van der Waals surface area contributed by atoms with Crippen molar-refractivity contribution in [2.45, 2.75) is 19.4 Å². The summed E-state index contributed by atoms with van der Waals surface area (Å²) in [6.45, 7) is 1.72. The molecular formula is C19H22N4O3S. The van der Waals surface area contributed by atoms with E-state index in [0.29, 0.717) is 28.8 Å². The molecule has 1 atom stereocenters. The minimum absolute atomic E-state index is 0.0712. The van der Waals surface area contributed by atoms with E-state index < -0.39 is 0 Å². The van der Waals surface area contributed by atoms with Gasteiger partial charge in [0, 0.05) is 25.0 Å². The molecule has 8 heteroatoms. The molecule has 142 valence electrons. The van der Waals surface area contributed by atoms with Crippen LogP contribution in [0.1, 0.15) is 18.4 Å². The molecule has 2 heterocycles. The fourth-order valence-corrected chi connectivity index (χ4v) is 3.24. The second-order valence-electron chi connectivity index (χ2n) is 5.96. The van der Waals surface area contributed by atoms with Crippen molar-refractivity contribution in [2.75, 3.05) is 24.4 Å². The summed E-state index contributed by atoms with van der Waals surface area (Å²) in [5, 5.41) is 10.9. The molecule has 0 radical (unpaired) electrons. The van der Waals surface area contributed by atoms with Gasteiger partial charge in [-0.05, 0) is 48.8 Å². The van der Waals surface area contributed by atoms with E-state index in [2.05, 4.69) is 15.5 Å². The number of aryl methyl sites for hydroxylation is 1. The molecule has 0 aliphatic carbocycles. The quantitative estimate of drug-likeness (QED) is 0.634. The first-order valence-corrected chi connectivity index (χ1v) is 9.92. The number of methoxy groups -OCH3 is 1. The zero-order valence-electron chi connectivity index (χ0n) is 15.5. The molecule has 27 heavy (non-hydrogen) atoms. The van der Waals surface area contributed by atoms with Crippen LogP contribution in [0.2, 0.25) is 0 Å². The van der Waals surface area contributed by atoms with E-state index in [1.54, 1.807) is 44.0 Å². The lowest BCUT2D eigenvalue weighted by Crippen LogP contribution is -2.26. The predicted octanol–water partition coefficient (Wildman–Crippen LogP) is 3.79. The van der Waals surface area contributed by atoms with E-state index >= 15 is 0 Å². The number of nitrogens with one attached hydrogen (secondary N) is 1. The van der Waals surface area contributed by atoms with Gasteiger partial charge in [-0.2, -0.15) is 11.8 Å². The first-order valence-electron chi connectivity index (χ1n) is 8.53. The summed E-state index contributed by atoms with van der Waals surface area (Å²) in [6.07, 6.45) is 6.59. The highest BCUT2D eigenvalue weighted by molar-refractivity contribution is 7.98. The number of amides is 1. The summed E-state index contributed by atoms with van der Waals surface area (Å²) in [5.41, 5.74) is 1.28. The maximum absolute atomic E-state index is 12.9. The highest BCUT2D eigenvalue weighted by atomic mass is 32.2. The van der Waals surface area contributed by atoms with Crippen molar-refractivity contribution in [3.63, 3.8) is 0 Å². The predicted molar refractivity (Wildman–Crippen MR) is 106 cm³/mol. The van der Waals surface area contributed by atoms with Gasteiger partial charge in [0.15, 0.2) is 0 Å². The van der Waals surface area contributed by atoms with Crippen molar-refractivity contribution in [2.24, 2.45) is 0 Å². The molecule has 0 spiro atoms. The molecule has 2 aromatic heterocycles. The Kier molecular flexibility index (Phi) is 6.18. The third-order valence-electron chi connectivity index (χ3n) is 4.11. The van der Waals surface area contributed by atoms with Gasteiger partial charge in [0.2, 0.25) is 11.8 Å². The van der Waals surface area contributed by atoms with Gasteiger partial charge < -0.3 is 19.0 Å². The van der Waals surface area contributed by atoms with Crippen LogP contribution in [0.4, 0.5) is 5.69 Å². The van der Waals surface area contributed by atoms with Gasteiger partial charge in [0.1, 0.15) is 11.8 Å². The lowest BCUT2D eigenvalue weighted by atomic mass is 10.1. The second kappa shape index (κ2) is 8.77. The molecule has 0 saturated heterocycles. The highest BCUT2D eigenvalue weighted by Gasteiger charge is 2.20. The van der Waals surface area contributed by atoms with E-state index in [0.717, 1.165) is 12.2 Å². The molecule has 0 aliphatic heterocycles. The largest absolute Gasteiger partial charge is 0.496 e. The average Bonchev–Trinajstić information content (AvgIpc) is 3.34. The van der Waals surface area contributed by atoms with Crippen LogP contribution in [0, 0.1) is 6.92 Å². The number of hydrogen-bond donors (Lipinski definition) is 1. The van der Waals surface area contributed by atoms with Crippen molar-refractivity contribution in [3.05, 3.63) is 48.6 Å². The fraction of sp³-hybridized carbons (Fsp3) is 0.316. The van der Waals surface area contributed by atoms with Crippen LogP contribution in [0.15, 0.2) is 47.1 Å². The van der Waals surface area contributed by atoms with E-state index in [4.69, 9.17) is 9.15 Å². The van der Waals surface area contributed by atoms with Crippen LogP contribution < -0.4 is 10.1 Å². The standard InChI is InChI=1S/C19H22N4O3S/c1-13-21-22-19(26-13)15-12-14(6-7-17(15)25-2)20-18(24)16(8-11-27-3)23-9-4-5-10-23/h4-7,9-10,12,16H,8,11H2,1-3H3,(H,20,24)/t16-/m1/s1. The number of thioether (sulfide) groups is 1. The topological polar surface area (TPSA) is 82.2 Å². The fourth-order valence-electron chi connectivity index (χ4n) is 2.78. The van der Waals surface area contributed by atoms with Crippen LogP contribution in [0.5, 0.6) is 5.75 Å². The zero-order chi connectivity index (χ0) is 19.2. The molecule has 3 aromatic rings. The lowest BCUT2D eigenvalue weighted by molar-refractivity contribution is -0.119. The van der Waals surface area contributed by atoms with Gasteiger partial charge in [-0.25, -0.2) is 0 Å². The summed E-state index contributed by atoms with van der Waals surface area (Å²) < 4.78 is 12.8. The van der Waals surface area contributed by atoms with Crippen molar-refractivity contribution >= 4 is 23.4 Å². The van der Waals surface area contributed by atoms with Crippen LogP contribution in [0.3, 0.4) is 0 Å². The molecule has 0 saturated carbocycles. The molecule has 3 rings (SSSR count). The first-order chi connectivity index (χ1) is 13.1. The summed E-state index contributed by atoms with van der Waals surface area (Å²) in [6, 6.07) is 8.92. The maximum Gasteiger partial charge on any atom is 0.251 e. The lowest BCUT2D eigenvalue weighted by Gasteiger charge is -2.19. The number of carbonyl (C=O) groups excluding carboxylic acids is 1. The van der Waals surface area contributed by atoms with E-state index in [-0.39, 0.29) is 11.9 Å². The second-order valence-corrected chi connectivity index (χ2v) is 6.94. The molecule has 1 aromatic carbocycles. The highest BCUT2D eigenvalue weighted by Crippen LogP contribution is 2.32. The van der Waals surface area contributed by atoms with Gasteiger partial charge in [0.25, 0.3) is 5.89 Å². The summed E-state index contributed by atoms with van der Waals surface area (Å²) in [5.74, 6) is 2.24. The van der Waals surface area contributed by atoms with Crippen molar-refractivity contribution < 1.29 is 13.9 Å². The average molecular weight is 386 g/mol. The Morgan fingerprint density at radius 3 is 2.74 bits per heavy atom. The number of nitrogens with zero attached hydrogens (tertiary/aromatic N) is 3. The number of ether oxygens (including phenoxy) is 1. The molecule has 1 amide bonds. The number of benzene rings is 1. The van der Waals surface area contributed by atoms with Crippen molar-refractivity contribution in [3.8, 4) is 17.2 Å². The van der Waals surface area contributed by atoms with Crippen LogP contribution in [-0.4, -0.2) is 39.8 Å². The molecule has 1 N–H and O–H groups in total. The molecular weight excluding hydrogens is 364 g/mol. The monoisotopic (exact) mass is 386 g/mol. The SMILES string of the molecule is COc1ccc(NC(=O)[C@@H](CCSC)n2cccc2)cc1-c1nnc(C)o1. The Hall–Kier alpha value is -2.74. The van der Waals surface area contributed by atoms with E-state index in [1.165, 1.54) is 0 Å². The molecule has 0 bridgehead atoms. The van der Waals surface area contributed by atoms with Gasteiger partial charge in [-0.15, -0.1) is 10.2 Å². The maximum atomic E-state index is 12.9. The Bertz CT molecular complexity index is 892. The molecule has 0 unspecified atom stereocenters. The molecule has 0 aliphatic rings. The number of hydrogen-bond acceptors (Lipinski definition) is 6. The van der Waals surface area contributed by atoms with Gasteiger partial charge in [-0.3, -0.25) is 4.79 Å². The third-order valence-corrected chi connectivity index (χ3v) is 4.75. The van der Waals surface area contributed by atoms with Crippen molar-refractivity contribution in [1.29, 1.82) is 0 Å². The van der Waals surface area contributed by atoms with E-state index in [9.17, 15) is 4.79 Å². The normalized spacial score (nSPS) is 12.0. The van der Waals surface area contributed by atoms with Gasteiger partial charge >= 0.3 is 0 Å². The van der Waals surface area contributed by atoms with Gasteiger partial charge in [0.05, 0.1) is 12.7 Å². The van der Waals surface area contributed by atoms with Crippen LogP contribution in [-0.2, 0) is 4.79 Å². The number of carbonyl (C=O) groups is 1. The Morgan fingerprint density at radius 2 is 2.11 bits per heavy atom. The Balaban J connectivity index is 1.84. The first kappa shape index (κ1) is 19.0. The van der Waals surface area contributed by atoms with Gasteiger partial charge in [-0.1, -0.05) is 0 Å². The number of anilines is 1. The van der Waals surface area contributed by atoms with Crippen molar-refractivity contribution in [1.82, 2.24) is 14.8 Å². The number of rotatable bonds is 8. The van der Waals surface area contributed by atoms with E-state index in [1.807, 2.05) is 35.3 Å². The van der Waals surface area contributed by atoms with Crippen LogP contribution in [0.25, 0.3) is 11.5 Å². The Morgan fingerprint density at radius 1 is 1.33 bits per heavy atom. The Labute approximate surface area is 162 Å². The smallest absolute Gasteiger partial charge is 0.251 e. The minimum Gasteiger partial charge on any atom is -0.496 e. The summed E-state index contributed by atoms with van der Waals surface area (Å²) in [4.78, 5) is 12.9. The number of aromatic nitrogens is 3. The zero-order valence-corrected chi connectivity index (χ0v) is 16.3. The minimum atomic E-state index is -0.274. The molecule has 7 nitrogen and oxygen atoms in total. The summed E-state index contributed by atoms with van der Waals surface area (Å²) >= 11 is 1.72. The third kappa shape index (κ3) is 4.51. The van der Waals surface area contributed by atoms with Crippen LogP contribution >= 0.6 is 11.8 Å². The summed E-state index contributed by atoms with van der Waals surface area (Å²) in [7, 11) is 1.57. The molecule has 0 fully saturated rings.